The van der Waals surface area contributed by atoms with Gasteiger partial charge in [0.1, 0.15) is 0 Å². The SMILES string of the molecule is Cc1ccc(CNC(C)C(=O)NC(C)C)cc1. The molecular formula is C14H22N2O. The monoisotopic (exact) mass is 234 g/mol. The molecule has 0 saturated heterocycles. The van der Waals surface area contributed by atoms with E-state index in [0.717, 1.165) is 0 Å². The summed E-state index contributed by atoms with van der Waals surface area (Å²) in [5.74, 6) is 0.0483. The van der Waals surface area contributed by atoms with Crippen molar-refractivity contribution >= 4 is 5.91 Å². The molecule has 0 aliphatic carbocycles. The van der Waals surface area contributed by atoms with Crippen molar-refractivity contribution in [1.82, 2.24) is 10.6 Å². The molecule has 1 atom stereocenters. The van der Waals surface area contributed by atoms with Crippen molar-refractivity contribution < 1.29 is 4.79 Å². The molecule has 0 aliphatic heterocycles. The molecule has 0 bridgehead atoms. The number of hydrogen-bond acceptors (Lipinski definition) is 2. The Bertz CT molecular complexity index is 357. The summed E-state index contributed by atoms with van der Waals surface area (Å²) in [7, 11) is 0. The Labute approximate surface area is 104 Å². The fourth-order valence-electron chi connectivity index (χ4n) is 1.48. The molecule has 3 heteroatoms. The van der Waals surface area contributed by atoms with Gasteiger partial charge < -0.3 is 10.6 Å². The molecule has 2 N–H and O–H groups in total. The molecule has 0 heterocycles. The molecular weight excluding hydrogens is 212 g/mol. The van der Waals surface area contributed by atoms with Crippen LogP contribution in [0.15, 0.2) is 24.3 Å². The fraction of sp³-hybridized carbons (Fsp3) is 0.500. The number of rotatable bonds is 5. The van der Waals surface area contributed by atoms with E-state index < -0.39 is 0 Å². The van der Waals surface area contributed by atoms with E-state index in [2.05, 4.69) is 41.8 Å². The lowest BCUT2D eigenvalue weighted by atomic mass is 10.1. The summed E-state index contributed by atoms with van der Waals surface area (Å²) in [6, 6.07) is 8.33. The van der Waals surface area contributed by atoms with Crippen molar-refractivity contribution in [3.05, 3.63) is 35.4 Å². The van der Waals surface area contributed by atoms with Gasteiger partial charge in [-0.3, -0.25) is 4.79 Å². The van der Waals surface area contributed by atoms with Crippen LogP contribution in [0.3, 0.4) is 0 Å². The van der Waals surface area contributed by atoms with Crippen LogP contribution < -0.4 is 10.6 Å². The Kier molecular flexibility index (Phi) is 5.16. The largest absolute Gasteiger partial charge is 0.353 e. The van der Waals surface area contributed by atoms with Gasteiger partial charge in [-0.1, -0.05) is 29.8 Å². The lowest BCUT2D eigenvalue weighted by Gasteiger charge is -2.16. The minimum Gasteiger partial charge on any atom is -0.353 e. The summed E-state index contributed by atoms with van der Waals surface area (Å²) >= 11 is 0. The van der Waals surface area contributed by atoms with Gasteiger partial charge in [0.05, 0.1) is 6.04 Å². The van der Waals surface area contributed by atoms with Crippen LogP contribution in [-0.2, 0) is 11.3 Å². The Morgan fingerprint density at radius 2 is 1.76 bits per heavy atom. The van der Waals surface area contributed by atoms with Crippen LogP contribution in [0.5, 0.6) is 0 Å². The number of hydrogen-bond donors (Lipinski definition) is 2. The summed E-state index contributed by atoms with van der Waals surface area (Å²) in [4.78, 5) is 11.7. The first-order valence-corrected chi connectivity index (χ1v) is 6.08. The first kappa shape index (κ1) is 13.7. The topological polar surface area (TPSA) is 41.1 Å². The zero-order valence-electron chi connectivity index (χ0n) is 11.1. The molecule has 1 unspecified atom stereocenters. The zero-order valence-corrected chi connectivity index (χ0v) is 11.1. The Morgan fingerprint density at radius 1 is 1.18 bits per heavy atom. The highest BCUT2D eigenvalue weighted by molar-refractivity contribution is 5.81. The van der Waals surface area contributed by atoms with Gasteiger partial charge in [-0.05, 0) is 33.3 Å². The minimum absolute atomic E-state index is 0.0483. The van der Waals surface area contributed by atoms with Gasteiger partial charge in [-0.15, -0.1) is 0 Å². The molecule has 1 aromatic rings. The van der Waals surface area contributed by atoms with Gasteiger partial charge in [0.25, 0.3) is 0 Å². The summed E-state index contributed by atoms with van der Waals surface area (Å²) in [6.07, 6.45) is 0. The third-order valence-electron chi connectivity index (χ3n) is 2.56. The molecule has 17 heavy (non-hydrogen) atoms. The number of carbonyl (C=O) groups is 1. The number of nitrogens with one attached hydrogen (secondary N) is 2. The van der Waals surface area contributed by atoms with E-state index in [1.54, 1.807) is 0 Å². The van der Waals surface area contributed by atoms with Crippen molar-refractivity contribution in [3.63, 3.8) is 0 Å². The summed E-state index contributed by atoms with van der Waals surface area (Å²) in [6.45, 7) is 8.59. The Morgan fingerprint density at radius 3 is 2.29 bits per heavy atom. The minimum atomic E-state index is -0.168. The quantitative estimate of drug-likeness (QED) is 0.818. The summed E-state index contributed by atoms with van der Waals surface area (Å²) in [5, 5.41) is 6.10. The molecule has 0 aromatic heterocycles. The molecule has 0 radical (unpaired) electrons. The van der Waals surface area contributed by atoms with Gasteiger partial charge in [0.15, 0.2) is 0 Å². The predicted molar refractivity (Wildman–Crippen MR) is 70.8 cm³/mol. The Hall–Kier alpha value is -1.35. The molecule has 1 aromatic carbocycles. The second kappa shape index (κ2) is 6.40. The zero-order chi connectivity index (χ0) is 12.8. The highest BCUT2D eigenvalue weighted by atomic mass is 16.2. The average molecular weight is 234 g/mol. The maximum absolute atomic E-state index is 11.7. The molecule has 0 aliphatic rings. The van der Waals surface area contributed by atoms with Crippen LogP contribution >= 0.6 is 0 Å². The number of amides is 1. The predicted octanol–water partition coefficient (Wildman–Crippen LogP) is 2.00. The van der Waals surface area contributed by atoms with E-state index in [0.29, 0.717) is 6.54 Å². The lowest BCUT2D eigenvalue weighted by molar-refractivity contribution is -0.123. The van der Waals surface area contributed by atoms with Crippen molar-refractivity contribution in [3.8, 4) is 0 Å². The molecule has 1 amide bonds. The van der Waals surface area contributed by atoms with Crippen molar-refractivity contribution in [2.75, 3.05) is 0 Å². The van der Waals surface area contributed by atoms with Crippen LogP contribution in [0.25, 0.3) is 0 Å². The maximum atomic E-state index is 11.7. The highest BCUT2D eigenvalue weighted by Crippen LogP contribution is 2.02. The molecule has 94 valence electrons. The van der Waals surface area contributed by atoms with Gasteiger partial charge in [-0.25, -0.2) is 0 Å². The van der Waals surface area contributed by atoms with Crippen LogP contribution in [0.4, 0.5) is 0 Å². The van der Waals surface area contributed by atoms with Crippen LogP contribution in [0.2, 0.25) is 0 Å². The number of carbonyl (C=O) groups excluding carboxylic acids is 1. The van der Waals surface area contributed by atoms with Gasteiger partial charge in [-0.2, -0.15) is 0 Å². The second-order valence-electron chi connectivity index (χ2n) is 4.75. The number of aryl methyl sites for hydroxylation is 1. The standard InChI is InChI=1S/C14H22N2O/c1-10(2)16-14(17)12(4)15-9-13-7-5-11(3)6-8-13/h5-8,10,12,15H,9H2,1-4H3,(H,16,17). The highest BCUT2D eigenvalue weighted by Gasteiger charge is 2.12. The van der Waals surface area contributed by atoms with E-state index in [4.69, 9.17) is 0 Å². The third-order valence-corrected chi connectivity index (χ3v) is 2.56. The first-order valence-electron chi connectivity index (χ1n) is 6.08. The lowest BCUT2D eigenvalue weighted by Crippen LogP contribution is -2.44. The van der Waals surface area contributed by atoms with E-state index in [1.807, 2.05) is 20.8 Å². The summed E-state index contributed by atoms with van der Waals surface area (Å²) in [5.41, 5.74) is 2.44. The van der Waals surface area contributed by atoms with Gasteiger partial charge in [0, 0.05) is 12.6 Å². The Balaban J connectivity index is 2.40. The maximum Gasteiger partial charge on any atom is 0.237 e. The average Bonchev–Trinajstić information content (AvgIpc) is 2.27. The summed E-state index contributed by atoms with van der Waals surface area (Å²) < 4.78 is 0. The normalized spacial score (nSPS) is 12.5. The van der Waals surface area contributed by atoms with E-state index in [1.165, 1.54) is 11.1 Å². The van der Waals surface area contributed by atoms with E-state index >= 15 is 0 Å². The first-order chi connectivity index (χ1) is 7.99. The van der Waals surface area contributed by atoms with Crippen molar-refractivity contribution in [1.29, 1.82) is 0 Å². The van der Waals surface area contributed by atoms with E-state index in [9.17, 15) is 4.79 Å². The van der Waals surface area contributed by atoms with Crippen LogP contribution in [-0.4, -0.2) is 18.0 Å². The molecule has 3 nitrogen and oxygen atoms in total. The van der Waals surface area contributed by atoms with Gasteiger partial charge >= 0.3 is 0 Å². The molecule has 0 spiro atoms. The van der Waals surface area contributed by atoms with Crippen LogP contribution in [0.1, 0.15) is 31.9 Å². The van der Waals surface area contributed by atoms with Gasteiger partial charge in [0.2, 0.25) is 5.91 Å². The fourth-order valence-corrected chi connectivity index (χ4v) is 1.48. The van der Waals surface area contributed by atoms with Crippen LogP contribution in [0, 0.1) is 6.92 Å². The third kappa shape index (κ3) is 5.00. The molecule has 0 fully saturated rings. The molecule has 0 saturated carbocycles. The molecule has 1 rings (SSSR count). The second-order valence-corrected chi connectivity index (χ2v) is 4.75. The van der Waals surface area contributed by atoms with Crippen molar-refractivity contribution in [2.24, 2.45) is 0 Å². The number of benzene rings is 1. The van der Waals surface area contributed by atoms with Crippen molar-refractivity contribution in [2.45, 2.75) is 46.3 Å². The smallest absolute Gasteiger partial charge is 0.237 e. The van der Waals surface area contributed by atoms with E-state index in [-0.39, 0.29) is 18.0 Å².